The second-order valence-electron chi connectivity index (χ2n) is 6.28. The van der Waals surface area contributed by atoms with Gasteiger partial charge < -0.3 is 9.80 Å². The molecule has 2 aliphatic heterocycles. The van der Waals surface area contributed by atoms with E-state index in [0.29, 0.717) is 0 Å². The molecule has 21 heavy (non-hydrogen) atoms. The van der Waals surface area contributed by atoms with E-state index in [9.17, 15) is 0 Å². The topological polar surface area (TPSA) is 6.48 Å². The van der Waals surface area contributed by atoms with Crippen molar-refractivity contribution in [3.05, 3.63) is 0 Å². The van der Waals surface area contributed by atoms with Gasteiger partial charge in [-0.2, -0.15) is 0 Å². The lowest BCUT2D eigenvalue weighted by molar-refractivity contribution is 0.124. The van der Waals surface area contributed by atoms with Crippen LogP contribution in [0, 0.1) is 11.8 Å². The van der Waals surface area contributed by atoms with Crippen LogP contribution >= 0.6 is 0 Å². The first kappa shape index (κ1) is 20.9. The van der Waals surface area contributed by atoms with E-state index in [1.165, 1.54) is 71.2 Å². The third-order valence-corrected chi connectivity index (χ3v) is 4.76. The highest BCUT2D eigenvalue weighted by atomic mass is 15.1. The minimum atomic E-state index is 0.980. The van der Waals surface area contributed by atoms with Crippen LogP contribution in [0.3, 0.4) is 0 Å². The van der Waals surface area contributed by atoms with Gasteiger partial charge in [0.1, 0.15) is 0 Å². The molecule has 0 N–H and O–H groups in total. The Morgan fingerprint density at radius 3 is 1.71 bits per heavy atom. The zero-order chi connectivity index (χ0) is 16.1. The third-order valence-electron chi connectivity index (χ3n) is 4.76. The number of nitrogens with zero attached hydrogens (tertiary/aromatic N) is 2. The van der Waals surface area contributed by atoms with Crippen LogP contribution in [0.25, 0.3) is 0 Å². The molecular weight excluding hydrogens is 256 g/mol. The van der Waals surface area contributed by atoms with Gasteiger partial charge in [-0.3, -0.25) is 0 Å². The van der Waals surface area contributed by atoms with E-state index >= 15 is 0 Å². The average molecular weight is 299 g/mol. The molecule has 0 aromatic rings. The van der Waals surface area contributed by atoms with Crippen LogP contribution in [0.4, 0.5) is 0 Å². The summed E-state index contributed by atoms with van der Waals surface area (Å²) in [7, 11) is 2.26. The van der Waals surface area contributed by atoms with E-state index < -0.39 is 0 Å². The fourth-order valence-electron chi connectivity index (χ4n) is 3.48. The smallest absolute Gasteiger partial charge is 0.00106 e. The molecule has 2 nitrogen and oxygen atoms in total. The first-order chi connectivity index (χ1) is 10.3. The maximum atomic E-state index is 2.74. The van der Waals surface area contributed by atoms with E-state index in [1.807, 2.05) is 27.7 Å². The number of likely N-dealkylation sites (tertiary alicyclic amines) is 2. The number of piperidine rings is 2. The van der Waals surface area contributed by atoms with E-state index in [0.717, 1.165) is 11.8 Å². The summed E-state index contributed by atoms with van der Waals surface area (Å²) in [6.45, 7) is 17.1. The maximum Gasteiger partial charge on any atom is 0.00106 e. The number of hydrogen-bond acceptors (Lipinski definition) is 2. The summed E-state index contributed by atoms with van der Waals surface area (Å²) >= 11 is 0. The fourth-order valence-corrected chi connectivity index (χ4v) is 3.48. The molecule has 0 unspecified atom stereocenters. The van der Waals surface area contributed by atoms with Crippen LogP contribution in [0.15, 0.2) is 0 Å². The molecular formula is C19H42N2. The first-order valence-corrected chi connectivity index (χ1v) is 9.68. The van der Waals surface area contributed by atoms with E-state index in [-0.39, 0.29) is 0 Å². The summed E-state index contributed by atoms with van der Waals surface area (Å²) in [6.07, 6.45) is 8.60. The Balaban J connectivity index is 0.000000921. The van der Waals surface area contributed by atoms with Crippen molar-refractivity contribution in [2.24, 2.45) is 11.8 Å². The molecule has 128 valence electrons. The van der Waals surface area contributed by atoms with Crippen molar-refractivity contribution in [1.82, 2.24) is 9.80 Å². The number of hydrogen-bond donors (Lipinski definition) is 0. The maximum absolute atomic E-state index is 2.74. The van der Waals surface area contributed by atoms with Crippen LogP contribution in [-0.2, 0) is 0 Å². The van der Waals surface area contributed by atoms with Gasteiger partial charge in [-0.1, -0.05) is 47.5 Å². The van der Waals surface area contributed by atoms with Gasteiger partial charge in [0.15, 0.2) is 0 Å². The molecule has 2 heteroatoms. The predicted molar refractivity (Wildman–Crippen MR) is 97.0 cm³/mol. The average Bonchev–Trinajstić information content (AvgIpc) is 2.56. The monoisotopic (exact) mass is 298 g/mol. The molecule has 0 saturated carbocycles. The van der Waals surface area contributed by atoms with Gasteiger partial charge in [0.05, 0.1) is 0 Å². The van der Waals surface area contributed by atoms with E-state index in [1.54, 1.807) is 0 Å². The Morgan fingerprint density at radius 2 is 1.24 bits per heavy atom. The lowest BCUT2D eigenvalue weighted by Gasteiger charge is -2.36. The van der Waals surface area contributed by atoms with E-state index in [4.69, 9.17) is 0 Å². The van der Waals surface area contributed by atoms with Crippen LogP contribution < -0.4 is 0 Å². The lowest BCUT2D eigenvalue weighted by Crippen LogP contribution is -2.40. The molecule has 0 bridgehead atoms. The Morgan fingerprint density at radius 1 is 0.762 bits per heavy atom. The molecule has 0 aromatic carbocycles. The summed E-state index contributed by atoms with van der Waals surface area (Å²) in [5.74, 6) is 2.02. The van der Waals surface area contributed by atoms with Crippen molar-refractivity contribution in [3.8, 4) is 0 Å². The quantitative estimate of drug-likeness (QED) is 0.729. The van der Waals surface area contributed by atoms with Gasteiger partial charge in [-0.25, -0.2) is 0 Å². The fraction of sp³-hybridized carbons (Fsp3) is 1.00. The minimum absolute atomic E-state index is 0.980. The molecule has 0 atom stereocenters. The molecule has 0 aliphatic carbocycles. The zero-order valence-corrected chi connectivity index (χ0v) is 15.8. The SMILES string of the molecule is CC.CC.CCCC1CCN(CC2CCN(C)CC2)CC1. The van der Waals surface area contributed by atoms with Gasteiger partial charge in [0.2, 0.25) is 0 Å². The van der Waals surface area contributed by atoms with Crippen molar-refractivity contribution in [2.45, 2.75) is 73.1 Å². The summed E-state index contributed by atoms with van der Waals surface area (Å²) in [4.78, 5) is 5.21. The molecule has 0 amide bonds. The molecule has 2 rings (SSSR count). The van der Waals surface area contributed by atoms with Crippen molar-refractivity contribution >= 4 is 0 Å². The second kappa shape index (κ2) is 13.6. The first-order valence-electron chi connectivity index (χ1n) is 9.68. The predicted octanol–water partition coefficient (Wildman–Crippen LogP) is 4.89. The molecule has 0 aromatic heterocycles. The largest absolute Gasteiger partial charge is 0.306 e. The lowest BCUT2D eigenvalue weighted by atomic mass is 9.90. The van der Waals surface area contributed by atoms with Crippen LogP contribution in [-0.4, -0.2) is 49.6 Å². The van der Waals surface area contributed by atoms with Crippen molar-refractivity contribution in [2.75, 3.05) is 39.8 Å². The molecule has 0 radical (unpaired) electrons. The molecule has 0 spiro atoms. The third kappa shape index (κ3) is 8.83. The van der Waals surface area contributed by atoms with Gasteiger partial charge in [0.25, 0.3) is 0 Å². The zero-order valence-electron chi connectivity index (χ0n) is 15.8. The van der Waals surface area contributed by atoms with Gasteiger partial charge in [0, 0.05) is 6.54 Å². The molecule has 2 saturated heterocycles. The van der Waals surface area contributed by atoms with Gasteiger partial charge in [-0.15, -0.1) is 0 Å². The van der Waals surface area contributed by atoms with Crippen molar-refractivity contribution in [1.29, 1.82) is 0 Å². The Kier molecular flexibility index (Phi) is 13.5. The molecule has 2 aliphatic rings. The molecule has 2 fully saturated rings. The van der Waals surface area contributed by atoms with Crippen molar-refractivity contribution in [3.63, 3.8) is 0 Å². The van der Waals surface area contributed by atoms with Gasteiger partial charge in [-0.05, 0) is 70.7 Å². The highest BCUT2D eigenvalue weighted by Gasteiger charge is 2.23. The normalized spacial score (nSPS) is 22.0. The molecule has 2 heterocycles. The summed E-state index contributed by atoms with van der Waals surface area (Å²) in [5.41, 5.74) is 0. The summed E-state index contributed by atoms with van der Waals surface area (Å²) < 4.78 is 0. The summed E-state index contributed by atoms with van der Waals surface area (Å²) in [5, 5.41) is 0. The van der Waals surface area contributed by atoms with Crippen LogP contribution in [0.2, 0.25) is 0 Å². The Bertz CT molecular complexity index is 202. The van der Waals surface area contributed by atoms with Crippen LogP contribution in [0.5, 0.6) is 0 Å². The standard InChI is InChI=1S/C15H30N2.2C2H6/c1-3-4-14-7-11-17(12-8-14)13-15-5-9-16(2)10-6-15;2*1-2/h14-15H,3-13H2,1-2H3;2*1-2H3. The number of rotatable bonds is 4. The Labute approximate surface area is 135 Å². The highest BCUT2D eigenvalue weighted by Crippen LogP contribution is 2.24. The summed E-state index contributed by atoms with van der Waals surface area (Å²) in [6, 6.07) is 0. The van der Waals surface area contributed by atoms with Crippen molar-refractivity contribution < 1.29 is 0 Å². The van der Waals surface area contributed by atoms with E-state index in [2.05, 4.69) is 23.8 Å². The van der Waals surface area contributed by atoms with Crippen LogP contribution in [0.1, 0.15) is 73.1 Å². The minimum Gasteiger partial charge on any atom is -0.306 e. The highest BCUT2D eigenvalue weighted by molar-refractivity contribution is 4.77. The van der Waals surface area contributed by atoms with Gasteiger partial charge >= 0.3 is 0 Å². The Hall–Kier alpha value is -0.0800. The second-order valence-corrected chi connectivity index (χ2v) is 6.28.